The Bertz CT molecular complexity index is 946. The van der Waals surface area contributed by atoms with Crippen molar-refractivity contribution in [2.24, 2.45) is 11.7 Å². The number of carbonyl (C=O) groups excluding carboxylic acids is 1. The lowest BCUT2D eigenvalue weighted by Crippen LogP contribution is -2.24. The zero-order valence-corrected chi connectivity index (χ0v) is 16.1. The summed E-state index contributed by atoms with van der Waals surface area (Å²) in [7, 11) is 0. The van der Waals surface area contributed by atoms with Gasteiger partial charge >= 0.3 is 0 Å². The molecule has 25 heavy (non-hydrogen) atoms. The largest absolute Gasteiger partial charge is 0.367 e. The second kappa shape index (κ2) is 6.65. The fraction of sp³-hybridized carbons (Fsp3) is 0.353. The number of thiophene rings is 1. The number of fused-ring (bicyclic) bond motifs is 1. The number of hydrogen-bond acceptors (Lipinski definition) is 5. The van der Waals surface area contributed by atoms with Gasteiger partial charge in [-0.3, -0.25) is 4.79 Å². The lowest BCUT2D eigenvalue weighted by molar-refractivity contribution is 0.100. The molecule has 0 fully saturated rings. The van der Waals surface area contributed by atoms with Gasteiger partial charge in [0.05, 0.1) is 11.8 Å². The van der Waals surface area contributed by atoms with E-state index in [0.29, 0.717) is 22.5 Å². The van der Waals surface area contributed by atoms with Gasteiger partial charge < -0.3 is 11.1 Å². The number of anilines is 1. The van der Waals surface area contributed by atoms with Gasteiger partial charge in [-0.25, -0.2) is 4.98 Å². The minimum atomic E-state index is -0.582. The van der Waals surface area contributed by atoms with Gasteiger partial charge in [0, 0.05) is 10.9 Å². The molecule has 0 spiro atoms. The highest BCUT2D eigenvalue weighted by Gasteiger charge is 2.23. The first-order chi connectivity index (χ1) is 11.8. The van der Waals surface area contributed by atoms with Crippen LogP contribution in [0.25, 0.3) is 16.1 Å². The van der Waals surface area contributed by atoms with Gasteiger partial charge in [0.25, 0.3) is 5.91 Å². The number of aryl methyl sites for hydroxylation is 1. The molecule has 0 bridgehead atoms. The van der Waals surface area contributed by atoms with Crippen molar-refractivity contribution in [1.29, 1.82) is 0 Å². The SMILES string of the molecule is Cc1ccsc1-c1c(Cl)nc2c(C(N)=O)cnn2c1NC(C)C(C)C. The maximum Gasteiger partial charge on any atom is 0.254 e. The van der Waals surface area contributed by atoms with Crippen LogP contribution in [0.5, 0.6) is 0 Å². The summed E-state index contributed by atoms with van der Waals surface area (Å²) >= 11 is 8.12. The van der Waals surface area contributed by atoms with Crippen LogP contribution in [0.15, 0.2) is 17.6 Å². The van der Waals surface area contributed by atoms with Crippen molar-refractivity contribution >= 4 is 40.3 Å². The molecule has 0 aliphatic heterocycles. The van der Waals surface area contributed by atoms with Gasteiger partial charge in [0.15, 0.2) is 5.65 Å². The van der Waals surface area contributed by atoms with Crippen LogP contribution >= 0.6 is 22.9 Å². The standard InChI is InChI=1S/C17H20ClN5OS/c1-8(2)10(4)21-17-12(13-9(3)5-6-25-13)14(18)22-16-11(15(19)24)7-20-23(16)17/h5-8,10,21H,1-4H3,(H2,19,24). The quantitative estimate of drug-likeness (QED) is 0.658. The number of amides is 1. The first kappa shape index (κ1) is 17.7. The third-order valence-corrected chi connectivity index (χ3v) is 5.63. The van der Waals surface area contributed by atoms with E-state index in [2.05, 4.69) is 36.2 Å². The third kappa shape index (κ3) is 3.09. The van der Waals surface area contributed by atoms with E-state index < -0.39 is 5.91 Å². The summed E-state index contributed by atoms with van der Waals surface area (Å²) in [5.74, 6) is 0.529. The molecule has 3 heterocycles. The van der Waals surface area contributed by atoms with Crippen molar-refractivity contribution in [3.05, 3.63) is 33.9 Å². The Labute approximate surface area is 155 Å². The van der Waals surface area contributed by atoms with Gasteiger partial charge in [-0.2, -0.15) is 9.61 Å². The van der Waals surface area contributed by atoms with E-state index in [4.69, 9.17) is 17.3 Å². The number of nitrogens with one attached hydrogen (secondary N) is 1. The Kier molecular flexibility index (Phi) is 4.71. The van der Waals surface area contributed by atoms with E-state index >= 15 is 0 Å². The van der Waals surface area contributed by atoms with E-state index in [1.807, 2.05) is 18.4 Å². The minimum absolute atomic E-state index is 0.168. The number of halogens is 1. The predicted octanol–water partition coefficient (Wildman–Crippen LogP) is 3.97. The van der Waals surface area contributed by atoms with Crippen LogP contribution in [-0.4, -0.2) is 26.5 Å². The van der Waals surface area contributed by atoms with Crippen molar-refractivity contribution in [1.82, 2.24) is 14.6 Å². The molecule has 0 saturated carbocycles. The van der Waals surface area contributed by atoms with E-state index in [9.17, 15) is 4.79 Å². The monoisotopic (exact) mass is 377 g/mol. The minimum Gasteiger partial charge on any atom is -0.367 e. The normalized spacial score (nSPS) is 12.7. The van der Waals surface area contributed by atoms with E-state index in [0.717, 1.165) is 16.0 Å². The molecule has 0 aromatic carbocycles. The zero-order valence-electron chi connectivity index (χ0n) is 14.5. The summed E-state index contributed by atoms with van der Waals surface area (Å²) in [6.45, 7) is 8.38. The van der Waals surface area contributed by atoms with Crippen molar-refractivity contribution in [3.8, 4) is 10.4 Å². The van der Waals surface area contributed by atoms with Crippen LogP contribution in [0.3, 0.4) is 0 Å². The fourth-order valence-electron chi connectivity index (χ4n) is 2.49. The van der Waals surface area contributed by atoms with Gasteiger partial charge in [0.2, 0.25) is 0 Å². The molecule has 1 atom stereocenters. The Morgan fingerprint density at radius 1 is 1.40 bits per heavy atom. The summed E-state index contributed by atoms with van der Waals surface area (Å²) in [5.41, 5.74) is 7.93. The van der Waals surface area contributed by atoms with Crippen LogP contribution < -0.4 is 11.1 Å². The Morgan fingerprint density at radius 2 is 2.12 bits per heavy atom. The lowest BCUT2D eigenvalue weighted by Gasteiger charge is -2.22. The smallest absolute Gasteiger partial charge is 0.254 e. The number of primary amides is 1. The highest BCUT2D eigenvalue weighted by molar-refractivity contribution is 7.13. The number of nitrogens with zero attached hydrogens (tertiary/aromatic N) is 3. The van der Waals surface area contributed by atoms with Crippen LogP contribution in [0.1, 0.15) is 36.7 Å². The van der Waals surface area contributed by atoms with E-state index in [-0.39, 0.29) is 11.6 Å². The summed E-state index contributed by atoms with van der Waals surface area (Å²) in [5, 5.41) is 10.2. The van der Waals surface area contributed by atoms with Crippen LogP contribution in [0.2, 0.25) is 5.15 Å². The summed E-state index contributed by atoms with van der Waals surface area (Å²) in [6, 6.07) is 2.20. The van der Waals surface area contributed by atoms with Crippen molar-refractivity contribution in [2.75, 3.05) is 5.32 Å². The van der Waals surface area contributed by atoms with Gasteiger partial charge in [-0.1, -0.05) is 25.4 Å². The molecular weight excluding hydrogens is 358 g/mol. The summed E-state index contributed by atoms with van der Waals surface area (Å²) in [6.07, 6.45) is 1.43. The topological polar surface area (TPSA) is 85.3 Å². The molecule has 6 nitrogen and oxygen atoms in total. The zero-order chi connectivity index (χ0) is 18.3. The maximum atomic E-state index is 11.7. The fourth-order valence-corrected chi connectivity index (χ4v) is 3.78. The highest BCUT2D eigenvalue weighted by atomic mass is 35.5. The molecule has 3 aromatic rings. The van der Waals surface area contributed by atoms with E-state index in [1.54, 1.807) is 15.9 Å². The number of rotatable bonds is 5. The van der Waals surface area contributed by atoms with Gasteiger partial charge in [-0.05, 0) is 36.8 Å². The van der Waals surface area contributed by atoms with Crippen molar-refractivity contribution in [2.45, 2.75) is 33.7 Å². The Morgan fingerprint density at radius 3 is 2.68 bits per heavy atom. The summed E-state index contributed by atoms with van der Waals surface area (Å²) in [4.78, 5) is 17.1. The molecule has 3 rings (SSSR count). The Hall–Kier alpha value is -2.12. The van der Waals surface area contributed by atoms with Crippen LogP contribution in [0.4, 0.5) is 5.82 Å². The molecule has 8 heteroatoms. The van der Waals surface area contributed by atoms with Crippen LogP contribution in [-0.2, 0) is 0 Å². The predicted molar refractivity (Wildman–Crippen MR) is 102 cm³/mol. The van der Waals surface area contributed by atoms with Crippen molar-refractivity contribution in [3.63, 3.8) is 0 Å². The lowest BCUT2D eigenvalue weighted by atomic mass is 10.1. The molecule has 1 unspecified atom stereocenters. The molecule has 0 saturated heterocycles. The first-order valence-corrected chi connectivity index (χ1v) is 9.25. The van der Waals surface area contributed by atoms with E-state index in [1.165, 1.54) is 6.20 Å². The maximum absolute atomic E-state index is 11.7. The second-order valence-corrected chi connectivity index (χ2v) is 7.67. The van der Waals surface area contributed by atoms with Gasteiger partial charge in [0.1, 0.15) is 16.5 Å². The van der Waals surface area contributed by atoms with Crippen LogP contribution in [0, 0.1) is 12.8 Å². The molecule has 0 radical (unpaired) electrons. The molecule has 1 amide bonds. The number of aromatic nitrogens is 3. The van der Waals surface area contributed by atoms with Crippen molar-refractivity contribution < 1.29 is 4.79 Å². The molecule has 132 valence electrons. The molecule has 3 aromatic heterocycles. The average molecular weight is 378 g/mol. The number of nitrogens with two attached hydrogens (primary N) is 1. The highest BCUT2D eigenvalue weighted by Crippen LogP contribution is 2.40. The summed E-state index contributed by atoms with van der Waals surface area (Å²) < 4.78 is 1.61. The Balaban J connectivity index is 2.32. The first-order valence-electron chi connectivity index (χ1n) is 7.99. The molecule has 0 aliphatic rings. The molecule has 3 N–H and O–H groups in total. The average Bonchev–Trinajstić information content (AvgIpc) is 3.13. The van der Waals surface area contributed by atoms with Gasteiger partial charge in [-0.15, -0.1) is 11.3 Å². The number of hydrogen-bond donors (Lipinski definition) is 2. The third-order valence-electron chi connectivity index (χ3n) is 4.32. The second-order valence-electron chi connectivity index (χ2n) is 6.39. The molecule has 0 aliphatic carbocycles. The number of carbonyl (C=O) groups is 1. The molecular formula is C17H20ClN5OS.